The van der Waals surface area contributed by atoms with E-state index in [-0.39, 0.29) is 35.7 Å². The summed E-state index contributed by atoms with van der Waals surface area (Å²) in [4.78, 5) is 22.9. The van der Waals surface area contributed by atoms with Crippen LogP contribution in [-0.4, -0.2) is 38.4 Å². The fraction of sp³-hybridized carbons (Fsp3) is 0.438. The lowest BCUT2D eigenvalue weighted by Gasteiger charge is -2.15. The van der Waals surface area contributed by atoms with Crippen LogP contribution >= 0.6 is 12.4 Å². The van der Waals surface area contributed by atoms with E-state index < -0.39 is 4.92 Å². The first-order valence-corrected chi connectivity index (χ1v) is 8.16. The van der Waals surface area contributed by atoms with Crippen molar-refractivity contribution in [2.24, 2.45) is 5.73 Å². The molecule has 0 aliphatic carbocycles. The molecule has 1 aromatic carbocycles. The Balaban J connectivity index is 0.00000338. The molecule has 142 valence electrons. The van der Waals surface area contributed by atoms with Gasteiger partial charge in [-0.25, -0.2) is 4.68 Å². The predicted octanol–water partition coefficient (Wildman–Crippen LogP) is 2.15. The Kier molecular flexibility index (Phi) is 8.14. The fourth-order valence-corrected chi connectivity index (χ4v) is 2.48. The van der Waals surface area contributed by atoms with Crippen LogP contribution in [0.15, 0.2) is 24.3 Å². The van der Waals surface area contributed by atoms with E-state index in [2.05, 4.69) is 22.6 Å². The number of unbranched alkanes of at least 4 members (excludes halogenated alkanes) is 1. The van der Waals surface area contributed by atoms with Gasteiger partial charge in [-0.2, -0.15) is 0 Å². The number of benzene rings is 1. The molecule has 1 amide bonds. The molecule has 2 rings (SSSR count). The number of carbonyl (C=O) groups excluding carboxylic acids is 1. The number of nitrogens with one attached hydrogen (secondary N) is 1. The molecule has 0 fully saturated rings. The summed E-state index contributed by atoms with van der Waals surface area (Å²) >= 11 is 0. The fourth-order valence-electron chi connectivity index (χ4n) is 2.48. The van der Waals surface area contributed by atoms with E-state index in [1.807, 2.05) is 0 Å². The minimum absolute atomic E-state index is 0. The molecule has 0 bridgehead atoms. The van der Waals surface area contributed by atoms with E-state index in [0.29, 0.717) is 17.9 Å². The van der Waals surface area contributed by atoms with Gasteiger partial charge in [-0.3, -0.25) is 14.9 Å². The normalized spacial score (nSPS) is 11.5. The third-order valence-corrected chi connectivity index (χ3v) is 3.92. The first-order chi connectivity index (χ1) is 12.0. The van der Waals surface area contributed by atoms with Crippen molar-refractivity contribution in [2.75, 3.05) is 6.54 Å². The van der Waals surface area contributed by atoms with Crippen LogP contribution < -0.4 is 11.1 Å². The minimum atomic E-state index is -0.483. The van der Waals surface area contributed by atoms with Crippen LogP contribution in [-0.2, 0) is 0 Å². The maximum absolute atomic E-state index is 12.4. The molecule has 0 aliphatic heterocycles. The lowest BCUT2D eigenvalue weighted by atomic mass is 10.1. The average Bonchev–Trinajstić information content (AvgIpc) is 3.00. The molecule has 10 heteroatoms. The molecule has 1 atom stereocenters. The van der Waals surface area contributed by atoms with Gasteiger partial charge in [0.05, 0.1) is 16.3 Å². The van der Waals surface area contributed by atoms with E-state index in [4.69, 9.17) is 5.73 Å². The Morgan fingerprint density at radius 3 is 2.81 bits per heavy atom. The minimum Gasteiger partial charge on any atom is -0.347 e. The SMILES string of the molecule is CCCCC(CN)NC(=O)c1nnn(-c2cccc([N+](=O)[O-])c2)c1C.Cl. The molecule has 0 saturated carbocycles. The average molecular weight is 383 g/mol. The lowest BCUT2D eigenvalue weighted by molar-refractivity contribution is -0.384. The quantitative estimate of drug-likeness (QED) is 0.531. The first-order valence-electron chi connectivity index (χ1n) is 8.16. The monoisotopic (exact) mass is 382 g/mol. The second-order valence-electron chi connectivity index (χ2n) is 5.76. The van der Waals surface area contributed by atoms with E-state index in [1.54, 1.807) is 19.1 Å². The summed E-state index contributed by atoms with van der Waals surface area (Å²) in [6.45, 7) is 4.12. The van der Waals surface area contributed by atoms with Gasteiger partial charge in [0.1, 0.15) is 0 Å². The Labute approximate surface area is 157 Å². The molecule has 0 radical (unpaired) electrons. The van der Waals surface area contributed by atoms with Gasteiger partial charge >= 0.3 is 0 Å². The van der Waals surface area contributed by atoms with Crippen LogP contribution in [0.4, 0.5) is 5.69 Å². The van der Waals surface area contributed by atoms with E-state index in [0.717, 1.165) is 19.3 Å². The van der Waals surface area contributed by atoms with Gasteiger partial charge in [-0.1, -0.05) is 31.0 Å². The molecule has 26 heavy (non-hydrogen) atoms. The van der Waals surface area contributed by atoms with Crippen LogP contribution in [0.2, 0.25) is 0 Å². The highest BCUT2D eigenvalue weighted by Gasteiger charge is 2.20. The number of nitro groups is 1. The first kappa shape index (κ1) is 21.5. The largest absolute Gasteiger partial charge is 0.347 e. The Morgan fingerprint density at radius 1 is 1.46 bits per heavy atom. The Hall–Kier alpha value is -2.52. The summed E-state index contributed by atoms with van der Waals surface area (Å²) < 4.78 is 1.41. The van der Waals surface area contributed by atoms with Gasteiger partial charge in [0.15, 0.2) is 5.69 Å². The maximum Gasteiger partial charge on any atom is 0.274 e. The zero-order chi connectivity index (χ0) is 18.4. The smallest absolute Gasteiger partial charge is 0.274 e. The number of rotatable bonds is 8. The molecule has 2 aromatic rings. The van der Waals surface area contributed by atoms with Crippen molar-refractivity contribution in [1.82, 2.24) is 20.3 Å². The van der Waals surface area contributed by atoms with E-state index in [9.17, 15) is 14.9 Å². The van der Waals surface area contributed by atoms with Crippen LogP contribution in [0.3, 0.4) is 0 Å². The zero-order valence-electron chi connectivity index (χ0n) is 14.7. The predicted molar refractivity (Wildman–Crippen MR) is 99.8 cm³/mol. The molecule has 3 N–H and O–H groups in total. The summed E-state index contributed by atoms with van der Waals surface area (Å²) in [7, 11) is 0. The molecule has 0 spiro atoms. The number of amides is 1. The molecule has 1 aromatic heterocycles. The number of hydrogen-bond donors (Lipinski definition) is 2. The summed E-state index contributed by atoms with van der Waals surface area (Å²) in [6.07, 6.45) is 2.80. The summed E-state index contributed by atoms with van der Waals surface area (Å²) in [5, 5.41) is 21.7. The van der Waals surface area contributed by atoms with Gasteiger partial charge in [-0.15, -0.1) is 17.5 Å². The van der Waals surface area contributed by atoms with Crippen molar-refractivity contribution < 1.29 is 9.72 Å². The van der Waals surface area contributed by atoms with Gasteiger partial charge < -0.3 is 11.1 Å². The van der Waals surface area contributed by atoms with Gasteiger partial charge in [0.2, 0.25) is 0 Å². The molecule has 1 unspecified atom stereocenters. The zero-order valence-corrected chi connectivity index (χ0v) is 15.5. The Bertz CT molecular complexity index is 764. The second-order valence-corrected chi connectivity index (χ2v) is 5.76. The molecule has 1 heterocycles. The van der Waals surface area contributed by atoms with Crippen molar-refractivity contribution >= 4 is 24.0 Å². The number of nitro benzene ring substituents is 1. The van der Waals surface area contributed by atoms with E-state index in [1.165, 1.54) is 16.8 Å². The number of hydrogen-bond acceptors (Lipinski definition) is 6. The van der Waals surface area contributed by atoms with Crippen LogP contribution in [0.1, 0.15) is 42.4 Å². The molecular formula is C16H23ClN6O3. The standard InChI is InChI=1S/C16H22N6O3.ClH/c1-3-4-6-12(10-17)18-16(23)15-11(2)21(20-19-15)13-7-5-8-14(9-13)22(24)25;/h5,7-9,12H,3-4,6,10,17H2,1-2H3,(H,18,23);1H. The van der Waals surface area contributed by atoms with Crippen LogP contribution in [0.5, 0.6) is 0 Å². The van der Waals surface area contributed by atoms with Gasteiger partial charge in [-0.05, 0) is 19.4 Å². The summed E-state index contributed by atoms with van der Waals surface area (Å²) in [5.74, 6) is -0.347. The lowest BCUT2D eigenvalue weighted by Crippen LogP contribution is -2.40. The number of halogens is 1. The third kappa shape index (κ3) is 4.99. The van der Waals surface area contributed by atoms with Crippen molar-refractivity contribution in [3.05, 3.63) is 45.8 Å². The summed E-state index contributed by atoms with van der Waals surface area (Å²) in [6, 6.07) is 5.88. The van der Waals surface area contributed by atoms with Crippen molar-refractivity contribution in [2.45, 2.75) is 39.2 Å². The van der Waals surface area contributed by atoms with Crippen LogP contribution in [0.25, 0.3) is 5.69 Å². The van der Waals surface area contributed by atoms with E-state index >= 15 is 0 Å². The number of nitrogens with two attached hydrogens (primary N) is 1. The molecule has 0 saturated heterocycles. The van der Waals surface area contributed by atoms with Crippen molar-refractivity contribution in [1.29, 1.82) is 0 Å². The van der Waals surface area contributed by atoms with Crippen LogP contribution in [0, 0.1) is 17.0 Å². The number of carbonyl (C=O) groups is 1. The second kappa shape index (κ2) is 9.83. The highest BCUT2D eigenvalue weighted by atomic mass is 35.5. The Morgan fingerprint density at radius 2 is 2.19 bits per heavy atom. The number of nitrogens with zero attached hydrogens (tertiary/aromatic N) is 4. The maximum atomic E-state index is 12.4. The molecular weight excluding hydrogens is 360 g/mol. The molecule has 0 aliphatic rings. The number of aromatic nitrogens is 3. The topological polar surface area (TPSA) is 129 Å². The highest BCUT2D eigenvalue weighted by molar-refractivity contribution is 5.93. The van der Waals surface area contributed by atoms with Crippen molar-refractivity contribution in [3.63, 3.8) is 0 Å². The van der Waals surface area contributed by atoms with Gasteiger partial charge in [0.25, 0.3) is 11.6 Å². The third-order valence-electron chi connectivity index (χ3n) is 3.92. The highest BCUT2D eigenvalue weighted by Crippen LogP contribution is 2.18. The summed E-state index contributed by atoms with van der Waals surface area (Å²) in [5.41, 5.74) is 6.80. The van der Waals surface area contributed by atoms with Crippen molar-refractivity contribution in [3.8, 4) is 5.69 Å². The molecule has 9 nitrogen and oxygen atoms in total. The van der Waals surface area contributed by atoms with Gasteiger partial charge in [0, 0.05) is 24.7 Å². The number of non-ortho nitro benzene ring substituents is 1.